The second kappa shape index (κ2) is 2.79. The maximum absolute atomic E-state index is 8.80. The lowest BCUT2D eigenvalue weighted by atomic mass is 9.55. The van der Waals surface area contributed by atoms with Crippen LogP contribution in [0.2, 0.25) is 5.82 Å². The standard InChI is InChI=1S/C8H15BO2/c10-9(11)8-4-7(5-8)3-6-1-2-6/h6-8,10-11H,1-5H2. The van der Waals surface area contributed by atoms with E-state index in [9.17, 15) is 0 Å². The van der Waals surface area contributed by atoms with Gasteiger partial charge in [0, 0.05) is 0 Å². The van der Waals surface area contributed by atoms with Crippen molar-refractivity contribution in [2.75, 3.05) is 0 Å². The molecular weight excluding hydrogens is 139 g/mol. The van der Waals surface area contributed by atoms with Crippen LogP contribution < -0.4 is 0 Å². The molecule has 3 heteroatoms. The summed E-state index contributed by atoms with van der Waals surface area (Å²) in [4.78, 5) is 0. The fourth-order valence-electron chi connectivity index (χ4n) is 2.05. The zero-order chi connectivity index (χ0) is 7.84. The molecule has 0 heterocycles. The van der Waals surface area contributed by atoms with E-state index in [1.54, 1.807) is 0 Å². The Morgan fingerprint density at radius 1 is 1.09 bits per heavy atom. The third-order valence-corrected chi connectivity index (χ3v) is 3.06. The first-order chi connectivity index (χ1) is 5.25. The van der Waals surface area contributed by atoms with Gasteiger partial charge in [0.2, 0.25) is 0 Å². The van der Waals surface area contributed by atoms with Crippen molar-refractivity contribution in [3.8, 4) is 0 Å². The van der Waals surface area contributed by atoms with Crippen LogP contribution in [0, 0.1) is 11.8 Å². The van der Waals surface area contributed by atoms with Crippen LogP contribution in [0.3, 0.4) is 0 Å². The molecule has 2 nitrogen and oxygen atoms in total. The molecule has 0 atom stereocenters. The molecule has 2 rings (SSSR count). The van der Waals surface area contributed by atoms with Gasteiger partial charge in [0.05, 0.1) is 0 Å². The van der Waals surface area contributed by atoms with E-state index in [4.69, 9.17) is 10.0 Å². The maximum atomic E-state index is 8.80. The van der Waals surface area contributed by atoms with Gasteiger partial charge in [-0.05, 0) is 36.9 Å². The van der Waals surface area contributed by atoms with Gasteiger partial charge in [-0.3, -0.25) is 0 Å². The molecule has 0 saturated heterocycles. The zero-order valence-corrected chi connectivity index (χ0v) is 6.74. The van der Waals surface area contributed by atoms with E-state index in [1.165, 1.54) is 19.3 Å². The Hall–Kier alpha value is -0.0151. The molecule has 2 N–H and O–H groups in total. The fraction of sp³-hybridized carbons (Fsp3) is 1.00. The fourth-order valence-corrected chi connectivity index (χ4v) is 2.05. The largest absolute Gasteiger partial charge is 0.454 e. The van der Waals surface area contributed by atoms with Crippen molar-refractivity contribution in [2.24, 2.45) is 11.8 Å². The monoisotopic (exact) mass is 154 g/mol. The first-order valence-electron chi connectivity index (χ1n) is 4.62. The minimum atomic E-state index is -1.05. The highest BCUT2D eigenvalue weighted by Crippen LogP contribution is 2.47. The SMILES string of the molecule is OB(O)C1CC(CC2CC2)C1. The van der Waals surface area contributed by atoms with Crippen LogP contribution in [0.25, 0.3) is 0 Å². The summed E-state index contributed by atoms with van der Waals surface area (Å²) in [5.74, 6) is 2.00. The highest BCUT2D eigenvalue weighted by molar-refractivity contribution is 6.43. The molecule has 0 aliphatic heterocycles. The molecule has 2 saturated carbocycles. The topological polar surface area (TPSA) is 40.5 Å². The first-order valence-corrected chi connectivity index (χ1v) is 4.62. The second-order valence-electron chi connectivity index (χ2n) is 4.19. The van der Waals surface area contributed by atoms with E-state index < -0.39 is 7.12 Å². The van der Waals surface area contributed by atoms with Crippen LogP contribution in [0.15, 0.2) is 0 Å². The first kappa shape index (κ1) is 7.62. The van der Waals surface area contributed by atoms with Crippen molar-refractivity contribution in [1.29, 1.82) is 0 Å². The van der Waals surface area contributed by atoms with E-state index in [2.05, 4.69) is 0 Å². The molecule has 0 unspecified atom stereocenters. The molecule has 0 aromatic heterocycles. The van der Waals surface area contributed by atoms with Gasteiger partial charge < -0.3 is 10.0 Å². The Labute approximate surface area is 67.8 Å². The molecule has 2 aliphatic carbocycles. The summed E-state index contributed by atoms with van der Waals surface area (Å²) in [5.41, 5.74) is 0. The van der Waals surface area contributed by atoms with E-state index in [0.717, 1.165) is 24.7 Å². The predicted octanol–water partition coefficient (Wildman–Crippen LogP) is 1.04. The normalized spacial score (nSPS) is 36.5. The smallest absolute Gasteiger partial charge is 0.427 e. The van der Waals surface area contributed by atoms with E-state index in [0.29, 0.717) is 0 Å². The van der Waals surface area contributed by atoms with Gasteiger partial charge in [0.1, 0.15) is 0 Å². The lowest BCUT2D eigenvalue weighted by Crippen LogP contribution is -2.32. The molecule has 0 amide bonds. The summed E-state index contributed by atoms with van der Waals surface area (Å²) in [6.45, 7) is 0. The lowest BCUT2D eigenvalue weighted by molar-refractivity contribution is 0.237. The van der Waals surface area contributed by atoms with Gasteiger partial charge in [-0.1, -0.05) is 12.8 Å². The van der Waals surface area contributed by atoms with Gasteiger partial charge in [-0.2, -0.15) is 0 Å². The maximum Gasteiger partial charge on any atom is 0.454 e. The van der Waals surface area contributed by atoms with Crippen molar-refractivity contribution in [3.05, 3.63) is 0 Å². The van der Waals surface area contributed by atoms with Crippen LogP contribution in [0.5, 0.6) is 0 Å². The van der Waals surface area contributed by atoms with E-state index in [1.807, 2.05) is 0 Å². The van der Waals surface area contributed by atoms with Crippen molar-refractivity contribution in [3.63, 3.8) is 0 Å². The molecular formula is C8H15BO2. The molecule has 0 spiro atoms. The molecule has 0 aromatic rings. The molecule has 62 valence electrons. The Kier molecular flexibility index (Phi) is 1.94. The Balaban J connectivity index is 1.63. The summed E-state index contributed by atoms with van der Waals surface area (Å²) in [7, 11) is -1.05. The van der Waals surface area contributed by atoms with Gasteiger partial charge in [0.25, 0.3) is 0 Å². The van der Waals surface area contributed by atoms with Crippen molar-refractivity contribution < 1.29 is 10.0 Å². The Morgan fingerprint density at radius 2 is 1.73 bits per heavy atom. The zero-order valence-electron chi connectivity index (χ0n) is 6.74. The Bertz CT molecular complexity index is 139. The minimum absolute atomic E-state index is 0.193. The summed E-state index contributed by atoms with van der Waals surface area (Å²) in [5, 5.41) is 17.6. The van der Waals surface area contributed by atoms with Crippen molar-refractivity contribution >= 4 is 7.12 Å². The number of rotatable bonds is 3. The van der Waals surface area contributed by atoms with Crippen LogP contribution in [0.4, 0.5) is 0 Å². The van der Waals surface area contributed by atoms with Crippen LogP contribution >= 0.6 is 0 Å². The molecule has 0 bridgehead atoms. The highest BCUT2D eigenvalue weighted by Gasteiger charge is 2.39. The third kappa shape index (κ3) is 1.77. The molecule has 11 heavy (non-hydrogen) atoms. The van der Waals surface area contributed by atoms with Gasteiger partial charge in [0.15, 0.2) is 0 Å². The van der Waals surface area contributed by atoms with Crippen molar-refractivity contribution in [2.45, 2.75) is 37.9 Å². The van der Waals surface area contributed by atoms with Crippen LogP contribution in [-0.2, 0) is 0 Å². The third-order valence-electron chi connectivity index (χ3n) is 3.06. The van der Waals surface area contributed by atoms with E-state index in [-0.39, 0.29) is 5.82 Å². The summed E-state index contributed by atoms with van der Waals surface area (Å²) in [6.07, 6.45) is 6.29. The molecule has 2 aliphatic rings. The second-order valence-corrected chi connectivity index (χ2v) is 4.19. The summed E-state index contributed by atoms with van der Waals surface area (Å²) >= 11 is 0. The van der Waals surface area contributed by atoms with Crippen LogP contribution in [-0.4, -0.2) is 17.2 Å². The number of hydrogen-bond acceptors (Lipinski definition) is 2. The van der Waals surface area contributed by atoms with Gasteiger partial charge in [-0.15, -0.1) is 0 Å². The van der Waals surface area contributed by atoms with Crippen LogP contribution in [0.1, 0.15) is 32.1 Å². The minimum Gasteiger partial charge on any atom is -0.427 e. The average Bonchev–Trinajstić information content (AvgIpc) is 2.58. The van der Waals surface area contributed by atoms with E-state index >= 15 is 0 Å². The van der Waals surface area contributed by atoms with Gasteiger partial charge >= 0.3 is 7.12 Å². The Morgan fingerprint density at radius 3 is 2.18 bits per heavy atom. The summed E-state index contributed by atoms with van der Waals surface area (Å²) in [6, 6.07) is 0. The molecule has 2 fully saturated rings. The number of hydrogen-bond donors (Lipinski definition) is 2. The molecule has 0 radical (unpaired) electrons. The lowest BCUT2D eigenvalue weighted by Gasteiger charge is -2.34. The summed E-state index contributed by atoms with van der Waals surface area (Å²) < 4.78 is 0. The highest BCUT2D eigenvalue weighted by atomic mass is 16.4. The van der Waals surface area contributed by atoms with Gasteiger partial charge in [-0.25, -0.2) is 0 Å². The molecule has 0 aromatic carbocycles. The van der Waals surface area contributed by atoms with Crippen molar-refractivity contribution in [1.82, 2.24) is 0 Å². The quantitative estimate of drug-likeness (QED) is 0.596. The average molecular weight is 154 g/mol. The predicted molar refractivity (Wildman–Crippen MR) is 44.0 cm³/mol.